The summed E-state index contributed by atoms with van der Waals surface area (Å²) >= 11 is 0. The number of carbonyl (C=O) groups is 2. The van der Waals surface area contributed by atoms with E-state index in [1.54, 1.807) is 23.7 Å². The summed E-state index contributed by atoms with van der Waals surface area (Å²) in [6, 6.07) is 12.0. The van der Waals surface area contributed by atoms with Crippen molar-refractivity contribution >= 4 is 33.9 Å². The molecule has 0 radical (unpaired) electrons. The highest BCUT2D eigenvalue weighted by molar-refractivity contribution is 7.93. The first-order valence-electron chi connectivity index (χ1n) is 14.0. The fourth-order valence-electron chi connectivity index (χ4n) is 5.28. The number of benzene rings is 2. The average molecular weight is 609 g/mol. The molecule has 11 heteroatoms. The van der Waals surface area contributed by atoms with Gasteiger partial charge >= 0.3 is 0 Å². The number of carbonyl (C=O) groups excluding carboxylic acids is 2. The van der Waals surface area contributed by atoms with Crippen LogP contribution in [0.15, 0.2) is 47.4 Å². The number of ketones is 1. The van der Waals surface area contributed by atoms with Gasteiger partial charge in [0.25, 0.3) is 5.91 Å². The number of nitrogens with zero attached hydrogens (tertiary/aromatic N) is 1. The molecule has 0 atom stereocenters. The van der Waals surface area contributed by atoms with Crippen molar-refractivity contribution in [3.8, 4) is 11.5 Å². The second kappa shape index (κ2) is 14.0. The standard InChI is InChI=1S/C30H40N2O7S.ClH/c1-21(2)39-28-14-7-23(20-22(28)3)27(33)6-4-5-19-38-25-10-12-26(13-11-25)40(36,37)30(29(34)31-35)15-17-32(18-16-30)24-8-9-24;/h7,10-14,20-21,24,35H,4-6,8-9,15-19H2,1-3H3,(H,31,34);1H. The van der Waals surface area contributed by atoms with Crippen molar-refractivity contribution in [1.82, 2.24) is 10.4 Å². The molecule has 0 bridgehead atoms. The Morgan fingerprint density at radius 2 is 1.73 bits per heavy atom. The molecule has 1 aliphatic carbocycles. The van der Waals surface area contributed by atoms with Crippen LogP contribution in [-0.4, -0.2) is 66.8 Å². The molecule has 2 fully saturated rings. The number of likely N-dealkylation sites (tertiary alicyclic amines) is 1. The second-order valence-corrected chi connectivity index (χ2v) is 13.3. The third kappa shape index (κ3) is 7.60. The Labute approximate surface area is 248 Å². The number of ether oxygens (including phenoxy) is 2. The molecule has 1 heterocycles. The maximum absolute atomic E-state index is 13.6. The van der Waals surface area contributed by atoms with Crippen LogP contribution in [0, 0.1) is 6.92 Å². The molecule has 1 aliphatic heterocycles. The summed E-state index contributed by atoms with van der Waals surface area (Å²) in [7, 11) is -4.06. The summed E-state index contributed by atoms with van der Waals surface area (Å²) < 4.78 is 37.0. The molecule has 1 amide bonds. The molecule has 9 nitrogen and oxygen atoms in total. The highest BCUT2D eigenvalue weighted by atomic mass is 35.5. The van der Waals surface area contributed by atoms with Gasteiger partial charge in [-0.1, -0.05) is 0 Å². The molecule has 0 aromatic heterocycles. The van der Waals surface area contributed by atoms with Crippen LogP contribution in [0.1, 0.15) is 74.7 Å². The number of hydrogen-bond donors (Lipinski definition) is 2. The molecule has 41 heavy (non-hydrogen) atoms. The molecule has 2 N–H and O–H groups in total. The van der Waals surface area contributed by atoms with E-state index in [2.05, 4.69) is 4.90 Å². The van der Waals surface area contributed by atoms with Gasteiger partial charge in [-0.15, -0.1) is 12.4 Å². The maximum atomic E-state index is 13.6. The molecule has 1 saturated heterocycles. The second-order valence-electron chi connectivity index (χ2n) is 11.1. The normalized spacial score (nSPS) is 17.0. The Hall–Kier alpha value is -2.66. The molecule has 1 saturated carbocycles. The van der Waals surface area contributed by atoms with Crippen LogP contribution >= 0.6 is 12.4 Å². The fourth-order valence-corrected chi connectivity index (χ4v) is 7.24. The molecule has 4 rings (SSSR count). The van der Waals surface area contributed by atoms with Gasteiger partial charge in [0.15, 0.2) is 20.4 Å². The van der Waals surface area contributed by atoms with Crippen LogP contribution < -0.4 is 15.0 Å². The lowest BCUT2D eigenvalue weighted by Gasteiger charge is -2.39. The third-order valence-corrected chi connectivity index (χ3v) is 10.3. The van der Waals surface area contributed by atoms with E-state index in [0.717, 1.165) is 24.2 Å². The number of rotatable bonds is 13. The first-order valence-corrected chi connectivity index (χ1v) is 15.5. The van der Waals surface area contributed by atoms with E-state index in [-0.39, 0.29) is 42.0 Å². The van der Waals surface area contributed by atoms with E-state index >= 15 is 0 Å². The predicted molar refractivity (Wildman–Crippen MR) is 158 cm³/mol. The monoisotopic (exact) mass is 608 g/mol. The zero-order valence-corrected chi connectivity index (χ0v) is 25.6. The molecular weight excluding hydrogens is 568 g/mol. The molecular formula is C30H41ClN2O7S. The molecule has 2 aromatic rings. The van der Waals surface area contributed by atoms with Crippen molar-refractivity contribution in [3.05, 3.63) is 53.6 Å². The highest BCUT2D eigenvalue weighted by Gasteiger charge is 2.54. The van der Waals surface area contributed by atoms with Gasteiger partial charge < -0.3 is 14.4 Å². The van der Waals surface area contributed by atoms with Crippen LogP contribution in [0.25, 0.3) is 0 Å². The Morgan fingerprint density at radius 3 is 2.29 bits per heavy atom. The van der Waals surface area contributed by atoms with Crippen molar-refractivity contribution in [1.29, 1.82) is 0 Å². The Kier molecular flexibility index (Phi) is 11.2. The maximum Gasteiger partial charge on any atom is 0.265 e. The molecule has 226 valence electrons. The lowest BCUT2D eigenvalue weighted by Crippen LogP contribution is -2.58. The predicted octanol–water partition coefficient (Wildman–Crippen LogP) is 4.91. The third-order valence-electron chi connectivity index (χ3n) is 7.76. The number of sulfone groups is 1. The average Bonchev–Trinajstić information content (AvgIpc) is 3.79. The van der Waals surface area contributed by atoms with E-state index in [4.69, 9.17) is 9.47 Å². The highest BCUT2D eigenvalue weighted by Crippen LogP contribution is 2.39. The first kappa shape index (κ1) is 32.8. The van der Waals surface area contributed by atoms with Crippen molar-refractivity contribution in [3.63, 3.8) is 0 Å². The summed E-state index contributed by atoms with van der Waals surface area (Å²) in [6.45, 7) is 7.23. The van der Waals surface area contributed by atoms with E-state index in [9.17, 15) is 23.2 Å². The first-order chi connectivity index (χ1) is 19.1. The van der Waals surface area contributed by atoms with Crippen molar-refractivity contribution in [2.45, 2.75) is 87.5 Å². The molecule has 2 aliphatic rings. The Morgan fingerprint density at radius 1 is 1.07 bits per heavy atom. The zero-order valence-electron chi connectivity index (χ0n) is 23.9. The number of unbranched alkanes of at least 4 members (excludes halogenated alkanes) is 1. The van der Waals surface area contributed by atoms with Gasteiger partial charge in [-0.05, 0) is 107 Å². The van der Waals surface area contributed by atoms with Gasteiger partial charge in [-0.3, -0.25) is 14.8 Å². The number of Topliss-reactive ketones (excluding diaryl/α,β-unsaturated/α-hetero) is 1. The largest absolute Gasteiger partial charge is 0.494 e. The zero-order chi connectivity index (χ0) is 28.9. The number of nitrogens with one attached hydrogen (secondary N) is 1. The number of hydroxylamine groups is 1. The Balaban J connectivity index is 0.00000462. The van der Waals surface area contributed by atoms with Crippen molar-refractivity contribution in [2.75, 3.05) is 19.7 Å². The van der Waals surface area contributed by atoms with Crippen LogP contribution in [0.3, 0.4) is 0 Å². The SMILES string of the molecule is Cc1cc(C(=O)CCCCOc2ccc(S(=O)(=O)C3(C(=O)NO)CCN(C4CC4)CC3)cc2)ccc1OC(C)C.Cl. The minimum Gasteiger partial charge on any atom is -0.494 e. The smallest absolute Gasteiger partial charge is 0.265 e. The van der Waals surface area contributed by atoms with Crippen LogP contribution in [0.5, 0.6) is 11.5 Å². The van der Waals surface area contributed by atoms with E-state index in [1.165, 1.54) is 12.1 Å². The lowest BCUT2D eigenvalue weighted by molar-refractivity contribution is -0.133. The van der Waals surface area contributed by atoms with Gasteiger partial charge in [0, 0.05) is 31.1 Å². The summed E-state index contributed by atoms with van der Waals surface area (Å²) in [5.41, 5.74) is 3.20. The number of aryl methyl sites for hydroxylation is 1. The summed E-state index contributed by atoms with van der Waals surface area (Å²) in [5, 5.41) is 9.36. The van der Waals surface area contributed by atoms with Crippen LogP contribution in [0.2, 0.25) is 0 Å². The fraction of sp³-hybridized carbons (Fsp3) is 0.533. The number of piperidine rings is 1. The topological polar surface area (TPSA) is 122 Å². The van der Waals surface area contributed by atoms with Gasteiger partial charge in [0.2, 0.25) is 0 Å². The molecule has 2 aromatic carbocycles. The van der Waals surface area contributed by atoms with Crippen LogP contribution in [-0.2, 0) is 14.6 Å². The lowest BCUT2D eigenvalue weighted by atomic mass is 9.94. The number of amides is 1. The Bertz CT molecular complexity index is 1300. The van der Waals surface area contributed by atoms with Gasteiger partial charge in [0.05, 0.1) is 17.6 Å². The minimum atomic E-state index is -4.06. The van der Waals surface area contributed by atoms with Crippen molar-refractivity contribution in [2.24, 2.45) is 0 Å². The van der Waals surface area contributed by atoms with E-state index in [0.29, 0.717) is 56.3 Å². The molecule has 0 spiro atoms. The summed E-state index contributed by atoms with van der Waals surface area (Å²) in [6.07, 6.45) is 4.26. The quantitative estimate of drug-likeness (QED) is 0.142. The minimum absolute atomic E-state index is 0. The van der Waals surface area contributed by atoms with Crippen LogP contribution in [0.4, 0.5) is 0 Å². The number of halogens is 1. The summed E-state index contributed by atoms with van der Waals surface area (Å²) in [4.78, 5) is 27.5. The van der Waals surface area contributed by atoms with E-state index in [1.807, 2.05) is 32.9 Å². The van der Waals surface area contributed by atoms with Gasteiger partial charge in [-0.25, -0.2) is 13.9 Å². The van der Waals surface area contributed by atoms with Gasteiger partial charge in [0.1, 0.15) is 11.5 Å². The number of hydrogen-bond acceptors (Lipinski definition) is 8. The van der Waals surface area contributed by atoms with Crippen molar-refractivity contribution < 1.29 is 32.7 Å². The van der Waals surface area contributed by atoms with E-state index < -0.39 is 20.5 Å². The van der Waals surface area contributed by atoms with Gasteiger partial charge in [-0.2, -0.15) is 0 Å². The summed E-state index contributed by atoms with van der Waals surface area (Å²) in [5.74, 6) is 0.473. The molecule has 0 unspecified atom stereocenters.